The molecule has 0 radical (unpaired) electrons. The Morgan fingerprint density at radius 1 is 1.00 bits per heavy atom. The van der Waals surface area contributed by atoms with Crippen molar-refractivity contribution in [2.24, 2.45) is 0 Å². The van der Waals surface area contributed by atoms with Crippen molar-refractivity contribution >= 4 is 11.9 Å². The van der Waals surface area contributed by atoms with Crippen LogP contribution < -0.4 is 0 Å². The van der Waals surface area contributed by atoms with Crippen LogP contribution in [0.5, 0.6) is 0 Å². The molecule has 0 N–H and O–H groups in total. The molecule has 0 aromatic heterocycles. The maximum absolute atomic E-state index is 11.4. The molecule has 0 aliphatic carbocycles. The van der Waals surface area contributed by atoms with E-state index in [2.05, 4.69) is 4.74 Å². The first-order valence-corrected chi connectivity index (χ1v) is 6.19. The Bertz CT molecular complexity index is 252. The van der Waals surface area contributed by atoms with Crippen LogP contribution in [0.25, 0.3) is 0 Å². The van der Waals surface area contributed by atoms with Crippen LogP contribution in [0.3, 0.4) is 0 Å². The van der Waals surface area contributed by atoms with Gasteiger partial charge in [-0.2, -0.15) is 0 Å². The van der Waals surface area contributed by atoms with Crippen LogP contribution in [0.15, 0.2) is 12.2 Å². The van der Waals surface area contributed by atoms with Crippen molar-refractivity contribution in [2.75, 3.05) is 6.61 Å². The van der Waals surface area contributed by atoms with Gasteiger partial charge in [0.1, 0.15) is 6.10 Å². The molecule has 0 atom stereocenters. The van der Waals surface area contributed by atoms with E-state index in [9.17, 15) is 9.59 Å². The smallest absolute Gasteiger partial charge is 0.331 e. The zero-order valence-corrected chi connectivity index (χ0v) is 10.9. The highest BCUT2D eigenvalue weighted by molar-refractivity contribution is 5.91. The van der Waals surface area contributed by atoms with Gasteiger partial charge in [0.25, 0.3) is 0 Å². The highest BCUT2D eigenvalue weighted by atomic mass is 16.5. The summed E-state index contributed by atoms with van der Waals surface area (Å²) in [5.74, 6) is -1.00. The number of ether oxygens (including phenoxy) is 2. The topological polar surface area (TPSA) is 52.6 Å². The number of rotatable bonds is 8. The first-order chi connectivity index (χ1) is 8.13. The number of hydrogen-bond donors (Lipinski definition) is 0. The van der Waals surface area contributed by atoms with Crippen molar-refractivity contribution in [1.29, 1.82) is 0 Å². The minimum Gasteiger partial charge on any atom is -0.463 e. The molecule has 0 heterocycles. The molecule has 0 fully saturated rings. The second-order valence-electron chi connectivity index (χ2n) is 3.72. The fraction of sp³-hybridized carbons (Fsp3) is 0.692. The van der Waals surface area contributed by atoms with Gasteiger partial charge in [-0.3, -0.25) is 0 Å². The molecule has 4 heteroatoms. The van der Waals surface area contributed by atoms with E-state index >= 15 is 0 Å². The van der Waals surface area contributed by atoms with E-state index in [0.29, 0.717) is 6.61 Å². The van der Waals surface area contributed by atoms with E-state index in [4.69, 9.17) is 4.74 Å². The molecule has 0 rings (SSSR count). The molecule has 0 spiro atoms. The molecule has 0 saturated carbocycles. The molecule has 0 amide bonds. The SMILES string of the molecule is CCCC(CCC)OC(=O)/C=C/C(=O)OCC. The van der Waals surface area contributed by atoms with Gasteiger partial charge < -0.3 is 9.47 Å². The van der Waals surface area contributed by atoms with E-state index < -0.39 is 11.9 Å². The quantitative estimate of drug-likeness (QED) is 0.485. The summed E-state index contributed by atoms with van der Waals surface area (Å²) in [6.45, 7) is 6.10. The van der Waals surface area contributed by atoms with Crippen molar-refractivity contribution in [3.63, 3.8) is 0 Å². The lowest BCUT2D eigenvalue weighted by molar-refractivity contribution is -0.144. The normalized spacial score (nSPS) is 10.8. The molecular formula is C13H22O4. The van der Waals surface area contributed by atoms with Gasteiger partial charge in [-0.1, -0.05) is 26.7 Å². The lowest BCUT2D eigenvalue weighted by Gasteiger charge is -2.14. The van der Waals surface area contributed by atoms with Crippen molar-refractivity contribution in [2.45, 2.75) is 52.6 Å². The second kappa shape index (κ2) is 9.87. The minimum atomic E-state index is -0.521. The number of hydrogen-bond acceptors (Lipinski definition) is 4. The molecule has 0 aliphatic heterocycles. The van der Waals surface area contributed by atoms with E-state index in [-0.39, 0.29) is 6.10 Å². The second-order valence-corrected chi connectivity index (χ2v) is 3.72. The van der Waals surface area contributed by atoms with Crippen molar-refractivity contribution in [1.82, 2.24) is 0 Å². The summed E-state index contributed by atoms with van der Waals surface area (Å²) in [6, 6.07) is 0. The molecule has 0 aromatic rings. The summed E-state index contributed by atoms with van der Waals surface area (Å²) in [5.41, 5.74) is 0. The fourth-order valence-corrected chi connectivity index (χ4v) is 1.44. The Labute approximate surface area is 103 Å². The maximum Gasteiger partial charge on any atom is 0.331 e. The van der Waals surface area contributed by atoms with Gasteiger partial charge in [0.15, 0.2) is 0 Å². The number of carbonyl (C=O) groups is 2. The van der Waals surface area contributed by atoms with Crippen LogP contribution in [-0.4, -0.2) is 24.6 Å². The van der Waals surface area contributed by atoms with Crippen molar-refractivity contribution in [3.8, 4) is 0 Å². The van der Waals surface area contributed by atoms with E-state index in [1.165, 1.54) is 0 Å². The van der Waals surface area contributed by atoms with Crippen LogP contribution in [0.4, 0.5) is 0 Å². The van der Waals surface area contributed by atoms with Crippen LogP contribution in [-0.2, 0) is 19.1 Å². The summed E-state index contributed by atoms with van der Waals surface area (Å²) in [7, 11) is 0. The third kappa shape index (κ3) is 8.48. The van der Waals surface area contributed by atoms with Gasteiger partial charge in [-0.05, 0) is 19.8 Å². The van der Waals surface area contributed by atoms with Crippen LogP contribution >= 0.6 is 0 Å². The predicted molar refractivity (Wildman–Crippen MR) is 65.5 cm³/mol. The lowest BCUT2D eigenvalue weighted by Crippen LogP contribution is -2.16. The molecule has 0 saturated heterocycles. The zero-order chi connectivity index (χ0) is 13.1. The van der Waals surface area contributed by atoms with Gasteiger partial charge >= 0.3 is 11.9 Å². The third-order valence-corrected chi connectivity index (χ3v) is 2.15. The van der Waals surface area contributed by atoms with Crippen LogP contribution in [0.1, 0.15) is 46.5 Å². The van der Waals surface area contributed by atoms with Gasteiger partial charge in [0.2, 0.25) is 0 Å². The van der Waals surface area contributed by atoms with E-state index in [1.807, 2.05) is 13.8 Å². The molecule has 0 unspecified atom stereocenters. The summed E-state index contributed by atoms with van der Waals surface area (Å²) >= 11 is 0. The molecule has 0 bridgehead atoms. The molecule has 4 nitrogen and oxygen atoms in total. The largest absolute Gasteiger partial charge is 0.463 e. The first kappa shape index (κ1) is 15.7. The minimum absolute atomic E-state index is 0.0515. The fourth-order valence-electron chi connectivity index (χ4n) is 1.44. The monoisotopic (exact) mass is 242 g/mol. The summed E-state index contributed by atoms with van der Waals surface area (Å²) in [5, 5.41) is 0. The van der Waals surface area contributed by atoms with E-state index in [0.717, 1.165) is 37.8 Å². The highest BCUT2D eigenvalue weighted by Crippen LogP contribution is 2.09. The maximum atomic E-state index is 11.4. The summed E-state index contributed by atoms with van der Waals surface area (Å²) < 4.78 is 9.89. The Hall–Kier alpha value is -1.32. The molecule has 0 aliphatic rings. The van der Waals surface area contributed by atoms with Crippen LogP contribution in [0.2, 0.25) is 0 Å². The lowest BCUT2D eigenvalue weighted by atomic mass is 10.1. The molecule has 98 valence electrons. The average Bonchev–Trinajstić information content (AvgIpc) is 2.27. The Balaban J connectivity index is 4.08. The van der Waals surface area contributed by atoms with Gasteiger partial charge in [-0.25, -0.2) is 9.59 Å². The Kier molecular flexibility index (Phi) is 9.11. The van der Waals surface area contributed by atoms with Gasteiger partial charge in [0, 0.05) is 12.2 Å². The van der Waals surface area contributed by atoms with Gasteiger partial charge in [-0.15, -0.1) is 0 Å². The standard InChI is InChI=1S/C13H22O4/c1-4-7-11(8-5-2)17-13(15)10-9-12(14)16-6-3/h9-11H,4-8H2,1-3H3/b10-9+. The zero-order valence-electron chi connectivity index (χ0n) is 10.9. The van der Waals surface area contributed by atoms with E-state index in [1.54, 1.807) is 6.92 Å². The Morgan fingerprint density at radius 2 is 1.53 bits per heavy atom. The third-order valence-electron chi connectivity index (χ3n) is 2.15. The summed E-state index contributed by atoms with van der Waals surface area (Å²) in [4.78, 5) is 22.4. The molecular weight excluding hydrogens is 220 g/mol. The van der Waals surface area contributed by atoms with Crippen LogP contribution in [0, 0.1) is 0 Å². The number of carbonyl (C=O) groups excluding carboxylic acids is 2. The predicted octanol–water partition coefficient (Wildman–Crippen LogP) is 2.62. The first-order valence-electron chi connectivity index (χ1n) is 6.19. The highest BCUT2D eigenvalue weighted by Gasteiger charge is 2.10. The van der Waals surface area contributed by atoms with Gasteiger partial charge in [0.05, 0.1) is 6.61 Å². The van der Waals surface area contributed by atoms with Crippen molar-refractivity contribution in [3.05, 3.63) is 12.2 Å². The molecule has 0 aromatic carbocycles. The average molecular weight is 242 g/mol. The number of esters is 2. The Morgan fingerprint density at radius 3 is 2.00 bits per heavy atom. The summed E-state index contributed by atoms with van der Waals surface area (Å²) in [6.07, 6.45) is 5.82. The van der Waals surface area contributed by atoms with Crippen molar-refractivity contribution < 1.29 is 19.1 Å². The molecule has 17 heavy (non-hydrogen) atoms.